The summed E-state index contributed by atoms with van der Waals surface area (Å²) in [6, 6.07) is 5.54. The molecular weight excluding hydrogens is 312 g/mol. The Balaban J connectivity index is 1.64. The maximum absolute atomic E-state index is 12.4. The minimum Gasteiger partial charge on any atom is -0.386 e. The predicted octanol–water partition coefficient (Wildman–Crippen LogP) is 1.56. The number of rotatable bonds is 4. The summed E-state index contributed by atoms with van der Waals surface area (Å²) < 4.78 is 0. The van der Waals surface area contributed by atoms with Crippen molar-refractivity contribution in [3.05, 3.63) is 40.3 Å². The summed E-state index contributed by atoms with van der Waals surface area (Å²) in [5.41, 5.74) is -0.935. The lowest BCUT2D eigenvalue weighted by atomic mass is 10.0. The molecule has 0 radical (unpaired) electrons. The first kappa shape index (κ1) is 15.9. The van der Waals surface area contributed by atoms with E-state index in [9.17, 15) is 9.90 Å². The average molecular weight is 332 g/mol. The molecule has 2 aromatic rings. The van der Waals surface area contributed by atoms with Gasteiger partial charge in [-0.1, -0.05) is 0 Å². The van der Waals surface area contributed by atoms with Crippen molar-refractivity contribution in [1.82, 2.24) is 14.9 Å². The van der Waals surface area contributed by atoms with Crippen LogP contribution in [0.1, 0.15) is 21.0 Å². The topological polar surface area (TPSA) is 69.6 Å². The molecule has 1 amide bonds. The Labute approximate surface area is 139 Å². The Morgan fingerprint density at radius 2 is 2.17 bits per heavy atom. The van der Waals surface area contributed by atoms with Gasteiger partial charge in [0.2, 0.25) is 5.95 Å². The molecule has 2 aromatic heterocycles. The van der Waals surface area contributed by atoms with E-state index in [1.165, 1.54) is 11.3 Å². The van der Waals surface area contributed by atoms with Crippen LogP contribution < -0.4 is 4.90 Å². The van der Waals surface area contributed by atoms with Crippen LogP contribution in [0, 0.1) is 6.92 Å². The number of nitrogens with zero attached hydrogens (tertiary/aromatic N) is 4. The minimum atomic E-state index is -0.935. The van der Waals surface area contributed by atoms with E-state index in [1.54, 1.807) is 30.4 Å². The first-order chi connectivity index (χ1) is 11.0. The molecule has 0 aromatic carbocycles. The van der Waals surface area contributed by atoms with Crippen LogP contribution in [0.5, 0.6) is 0 Å². The van der Waals surface area contributed by atoms with E-state index in [2.05, 4.69) is 9.97 Å². The molecule has 1 N–H and O–H groups in total. The quantitative estimate of drug-likeness (QED) is 0.920. The number of amides is 1. The molecule has 0 bridgehead atoms. The molecule has 0 unspecified atom stereocenters. The molecule has 0 saturated carbocycles. The third-order valence-corrected chi connectivity index (χ3v) is 4.99. The van der Waals surface area contributed by atoms with Gasteiger partial charge in [-0.2, -0.15) is 0 Å². The van der Waals surface area contributed by atoms with Crippen molar-refractivity contribution in [3.8, 4) is 0 Å². The summed E-state index contributed by atoms with van der Waals surface area (Å²) in [6.45, 7) is 3.38. The van der Waals surface area contributed by atoms with E-state index in [0.717, 1.165) is 4.88 Å². The highest BCUT2D eigenvalue weighted by molar-refractivity contribution is 7.13. The Morgan fingerprint density at radius 3 is 2.83 bits per heavy atom. The van der Waals surface area contributed by atoms with Gasteiger partial charge in [0.15, 0.2) is 0 Å². The van der Waals surface area contributed by atoms with E-state index in [4.69, 9.17) is 0 Å². The number of likely N-dealkylation sites (N-methyl/N-ethyl adjacent to an activating group) is 1. The number of thiophene rings is 1. The Hall–Kier alpha value is -1.99. The van der Waals surface area contributed by atoms with Crippen LogP contribution in [0.25, 0.3) is 0 Å². The molecule has 7 heteroatoms. The smallest absolute Gasteiger partial charge is 0.263 e. The summed E-state index contributed by atoms with van der Waals surface area (Å²) >= 11 is 1.48. The van der Waals surface area contributed by atoms with Gasteiger partial charge in [0.25, 0.3) is 5.91 Å². The zero-order valence-electron chi connectivity index (χ0n) is 13.3. The Kier molecular flexibility index (Phi) is 4.32. The number of hydrogen-bond donors (Lipinski definition) is 1. The number of carbonyl (C=O) groups is 1. The zero-order chi connectivity index (χ0) is 16.4. The average Bonchev–Trinajstić information content (AvgIpc) is 3.14. The fourth-order valence-electron chi connectivity index (χ4n) is 2.86. The van der Waals surface area contributed by atoms with Crippen LogP contribution in [-0.2, 0) is 0 Å². The normalized spacial score (nSPS) is 20.7. The van der Waals surface area contributed by atoms with Crippen LogP contribution in [0.15, 0.2) is 30.6 Å². The van der Waals surface area contributed by atoms with Crippen molar-refractivity contribution < 1.29 is 9.90 Å². The van der Waals surface area contributed by atoms with Gasteiger partial charge in [-0.15, -0.1) is 11.3 Å². The van der Waals surface area contributed by atoms with Crippen molar-refractivity contribution in [1.29, 1.82) is 0 Å². The van der Waals surface area contributed by atoms with Crippen LogP contribution in [0.4, 0.5) is 5.95 Å². The lowest BCUT2D eigenvalue weighted by molar-refractivity contribution is 0.0266. The van der Waals surface area contributed by atoms with Crippen LogP contribution in [0.3, 0.4) is 0 Å². The van der Waals surface area contributed by atoms with Gasteiger partial charge >= 0.3 is 0 Å². The van der Waals surface area contributed by atoms with E-state index in [1.807, 2.05) is 24.0 Å². The Bertz CT molecular complexity index is 690. The fourth-order valence-corrected chi connectivity index (χ4v) is 3.72. The van der Waals surface area contributed by atoms with Gasteiger partial charge in [0, 0.05) is 30.9 Å². The second-order valence-corrected chi connectivity index (χ2v) is 7.30. The molecule has 1 saturated heterocycles. The SMILES string of the molecule is Cc1ccc(C(=O)N(C)C[C@]2(O)CCN(c3ncccn3)C2)s1. The highest BCUT2D eigenvalue weighted by Gasteiger charge is 2.39. The van der Waals surface area contributed by atoms with Crippen molar-refractivity contribution >= 4 is 23.2 Å². The largest absolute Gasteiger partial charge is 0.386 e. The molecule has 23 heavy (non-hydrogen) atoms. The fraction of sp³-hybridized carbons (Fsp3) is 0.438. The van der Waals surface area contributed by atoms with Gasteiger partial charge in [0.05, 0.1) is 18.0 Å². The Morgan fingerprint density at radius 1 is 1.43 bits per heavy atom. The molecule has 3 heterocycles. The third kappa shape index (κ3) is 3.51. The summed E-state index contributed by atoms with van der Waals surface area (Å²) in [7, 11) is 1.73. The first-order valence-electron chi connectivity index (χ1n) is 7.53. The molecular formula is C16H20N4O2S. The lowest BCUT2D eigenvalue weighted by Gasteiger charge is -2.28. The molecule has 1 atom stereocenters. The monoisotopic (exact) mass is 332 g/mol. The van der Waals surface area contributed by atoms with Crippen LogP contribution >= 0.6 is 11.3 Å². The summed E-state index contributed by atoms with van der Waals surface area (Å²) in [5, 5.41) is 10.8. The van der Waals surface area contributed by atoms with Crippen molar-refractivity contribution in [2.75, 3.05) is 31.6 Å². The summed E-state index contributed by atoms with van der Waals surface area (Å²) in [6.07, 6.45) is 3.97. The van der Waals surface area contributed by atoms with Crippen molar-refractivity contribution in [2.45, 2.75) is 18.9 Å². The van der Waals surface area contributed by atoms with E-state index >= 15 is 0 Å². The van der Waals surface area contributed by atoms with E-state index in [-0.39, 0.29) is 5.91 Å². The number of hydrogen-bond acceptors (Lipinski definition) is 6. The van der Waals surface area contributed by atoms with E-state index in [0.29, 0.717) is 36.9 Å². The molecule has 1 aliphatic heterocycles. The van der Waals surface area contributed by atoms with Crippen LogP contribution in [-0.4, -0.2) is 58.2 Å². The number of β-amino-alcohol motifs (C(OH)–C–C–N with tert-alkyl or cyclic N) is 1. The number of anilines is 1. The number of carbonyl (C=O) groups excluding carboxylic acids is 1. The highest BCUT2D eigenvalue weighted by Crippen LogP contribution is 2.26. The molecule has 1 fully saturated rings. The lowest BCUT2D eigenvalue weighted by Crippen LogP contribution is -2.45. The molecule has 1 aliphatic rings. The molecule has 3 rings (SSSR count). The molecule has 6 nitrogen and oxygen atoms in total. The van der Waals surface area contributed by atoms with Gasteiger partial charge < -0.3 is 14.9 Å². The van der Waals surface area contributed by atoms with Gasteiger partial charge in [-0.25, -0.2) is 9.97 Å². The third-order valence-electron chi connectivity index (χ3n) is 4.00. The number of aromatic nitrogens is 2. The molecule has 0 aliphatic carbocycles. The standard InChI is InChI=1S/C16H20N4O2S/c1-12-4-5-13(23-12)14(21)19(2)10-16(22)6-9-20(11-16)15-17-7-3-8-18-15/h3-5,7-8,22H,6,9-11H2,1-2H3/t16-/m1/s1. The van der Waals surface area contributed by atoms with Gasteiger partial charge in [-0.3, -0.25) is 4.79 Å². The van der Waals surface area contributed by atoms with E-state index < -0.39 is 5.60 Å². The minimum absolute atomic E-state index is 0.0501. The van der Waals surface area contributed by atoms with Gasteiger partial charge in [-0.05, 0) is 31.5 Å². The second kappa shape index (κ2) is 6.25. The highest BCUT2D eigenvalue weighted by atomic mass is 32.1. The predicted molar refractivity (Wildman–Crippen MR) is 89.8 cm³/mol. The number of aliphatic hydroxyl groups is 1. The van der Waals surface area contributed by atoms with Crippen molar-refractivity contribution in [2.24, 2.45) is 0 Å². The second-order valence-electron chi connectivity index (χ2n) is 6.02. The number of aryl methyl sites for hydroxylation is 1. The summed E-state index contributed by atoms with van der Waals surface area (Å²) in [5.74, 6) is 0.567. The first-order valence-corrected chi connectivity index (χ1v) is 8.35. The molecule has 122 valence electrons. The maximum Gasteiger partial charge on any atom is 0.263 e. The van der Waals surface area contributed by atoms with Crippen LogP contribution in [0.2, 0.25) is 0 Å². The maximum atomic E-state index is 12.4. The van der Waals surface area contributed by atoms with Gasteiger partial charge in [0.1, 0.15) is 5.60 Å². The van der Waals surface area contributed by atoms with Crippen molar-refractivity contribution in [3.63, 3.8) is 0 Å². The molecule has 0 spiro atoms. The summed E-state index contributed by atoms with van der Waals surface area (Å²) in [4.78, 5) is 26.2. The zero-order valence-corrected chi connectivity index (χ0v) is 14.1.